The summed E-state index contributed by atoms with van der Waals surface area (Å²) >= 11 is 1.71. The van der Waals surface area contributed by atoms with Gasteiger partial charge in [-0.2, -0.15) is 0 Å². The molecule has 0 N–H and O–H groups in total. The van der Waals surface area contributed by atoms with Crippen LogP contribution in [0.15, 0.2) is 35.7 Å². The molecule has 23 heavy (non-hydrogen) atoms. The van der Waals surface area contributed by atoms with Crippen molar-refractivity contribution < 1.29 is 0 Å². The van der Waals surface area contributed by atoms with E-state index in [1.54, 1.807) is 11.3 Å². The van der Waals surface area contributed by atoms with Crippen molar-refractivity contribution in [2.24, 2.45) is 0 Å². The fraction of sp³-hybridized carbons (Fsp3) is 0.333. The van der Waals surface area contributed by atoms with Crippen LogP contribution in [0.25, 0.3) is 21.3 Å². The second-order valence-electron chi connectivity index (χ2n) is 6.08. The summed E-state index contributed by atoms with van der Waals surface area (Å²) in [5.74, 6) is 1.95. The van der Waals surface area contributed by atoms with Crippen LogP contribution in [-0.4, -0.2) is 48.1 Å². The minimum absolute atomic E-state index is 0.855. The van der Waals surface area contributed by atoms with Gasteiger partial charge in [0, 0.05) is 37.1 Å². The van der Waals surface area contributed by atoms with Gasteiger partial charge in [0.2, 0.25) is 0 Å². The molecule has 0 bridgehead atoms. The fourth-order valence-electron chi connectivity index (χ4n) is 3.10. The van der Waals surface area contributed by atoms with E-state index in [0.717, 1.165) is 42.7 Å². The standard InChI is InChI=1S/C18H20N4S/c1-13-19-17(22-10-8-21(2)9-11-22)16-15(12-23-18(16)20-13)14-6-4-3-5-7-14/h3-7,12H,8-11H2,1-2H3. The Hall–Kier alpha value is -1.98. The summed E-state index contributed by atoms with van der Waals surface area (Å²) < 4.78 is 0. The first-order valence-corrected chi connectivity index (χ1v) is 8.85. The van der Waals surface area contributed by atoms with Gasteiger partial charge >= 0.3 is 0 Å². The third-order valence-corrected chi connectivity index (χ3v) is 5.29. The van der Waals surface area contributed by atoms with Crippen molar-refractivity contribution in [2.75, 3.05) is 38.1 Å². The van der Waals surface area contributed by atoms with Crippen molar-refractivity contribution in [1.29, 1.82) is 0 Å². The van der Waals surface area contributed by atoms with Crippen LogP contribution in [0.1, 0.15) is 5.82 Å². The highest BCUT2D eigenvalue weighted by Gasteiger charge is 2.21. The predicted octanol–water partition coefficient (Wildman–Crippen LogP) is 3.42. The lowest BCUT2D eigenvalue weighted by Gasteiger charge is -2.33. The van der Waals surface area contributed by atoms with Crippen LogP contribution >= 0.6 is 11.3 Å². The maximum absolute atomic E-state index is 4.81. The molecule has 0 atom stereocenters. The zero-order chi connectivity index (χ0) is 15.8. The van der Waals surface area contributed by atoms with Crippen LogP contribution in [0, 0.1) is 6.92 Å². The number of aromatic nitrogens is 2. The quantitative estimate of drug-likeness (QED) is 0.723. The summed E-state index contributed by atoms with van der Waals surface area (Å²) in [4.78, 5) is 15.3. The molecule has 3 heterocycles. The molecular weight excluding hydrogens is 304 g/mol. The summed E-state index contributed by atoms with van der Waals surface area (Å²) in [7, 11) is 2.18. The number of aryl methyl sites for hydroxylation is 1. The molecule has 0 saturated carbocycles. The first kappa shape index (κ1) is 14.6. The minimum atomic E-state index is 0.855. The molecule has 1 aliphatic heterocycles. The molecule has 5 heteroatoms. The number of anilines is 1. The van der Waals surface area contributed by atoms with E-state index in [2.05, 4.69) is 57.5 Å². The third-order valence-electron chi connectivity index (χ3n) is 4.41. The van der Waals surface area contributed by atoms with Crippen LogP contribution in [-0.2, 0) is 0 Å². The van der Waals surface area contributed by atoms with Gasteiger partial charge in [0.15, 0.2) is 0 Å². The number of benzene rings is 1. The predicted molar refractivity (Wildman–Crippen MR) is 97.3 cm³/mol. The minimum Gasteiger partial charge on any atom is -0.353 e. The van der Waals surface area contributed by atoms with E-state index in [-0.39, 0.29) is 0 Å². The van der Waals surface area contributed by atoms with Crippen LogP contribution in [0.4, 0.5) is 5.82 Å². The molecule has 1 fully saturated rings. The van der Waals surface area contributed by atoms with E-state index in [9.17, 15) is 0 Å². The number of rotatable bonds is 2. The Morgan fingerprint density at radius 1 is 1.00 bits per heavy atom. The summed E-state index contributed by atoms with van der Waals surface area (Å²) in [5.41, 5.74) is 2.49. The summed E-state index contributed by atoms with van der Waals surface area (Å²) in [6.07, 6.45) is 0. The van der Waals surface area contributed by atoms with Crippen molar-refractivity contribution in [3.8, 4) is 11.1 Å². The number of thiophene rings is 1. The van der Waals surface area contributed by atoms with Crippen molar-refractivity contribution in [2.45, 2.75) is 6.92 Å². The SMILES string of the molecule is Cc1nc(N2CCN(C)CC2)c2c(-c3ccccc3)csc2n1. The maximum atomic E-state index is 4.81. The van der Waals surface area contributed by atoms with Gasteiger partial charge < -0.3 is 9.80 Å². The molecule has 4 rings (SSSR count). The molecule has 0 radical (unpaired) electrons. The van der Waals surface area contributed by atoms with Gasteiger partial charge in [-0.3, -0.25) is 0 Å². The van der Waals surface area contributed by atoms with Gasteiger partial charge in [-0.05, 0) is 19.5 Å². The lowest BCUT2D eigenvalue weighted by molar-refractivity contribution is 0.312. The highest BCUT2D eigenvalue weighted by atomic mass is 32.1. The van der Waals surface area contributed by atoms with E-state index in [0.29, 0.717) is 0 Å². The number of hydrogen-bond donors (Lipinski definition) is 0. The summed E-state index contributed by atoms with van der Waals surface area (Å²) in [6.45, 7) is 6.18. The molecule has 2 aromatic heterocycles. The zero-order valence-corrected chi connectivity index (χ0v) is 14.3. The van der Waals surface area contributed by atoms with Gasteiger partial charge in [0.1, 0.15) is 16.5 Å². The molecule has 0 spiro atoms. The van der Waals surface area contributed by atoms with Crippen molar-refractivity contribution >= 4 is 27.4 Å². The molecule has 4 nitrogen and oxygen atoms in total. The van der Waals surface area contributed by atoms with Crippen LogP contribution in [0.3, 0.4) is 0 Å². The zero-order valence-electron chi connectivity index (χ0n) is 13.5. The number of hydrogen-bond acceptors (Lipinski definition) is 5. The number of fused-ring (bicyclic) bond motifs is 1. The first-order chi connectivity index (χ1) is 11.2. The number of piperazine rings is 1. The lowest BCUT2D eigenvalue weighted by atomic mass is 10.1. The number of likely N-dealkylation sites (N-methyl/N-ethyl adjacent to an activating group) is 1. The van der Waals surface area contributed by atoms with E-state index in [1.807, 2.05) is 6.92 Å². The second-order valence-corrected chi connectivity index (χ2v) is 6.94. The van der Waals surface area contributed by atoms with Gasteiger partial charge in [0.25, 0.3) is 0 Å². The van der Waals surface area contributed by atoms with E-state index < -0.39 is 0 Å². The fourth-order valence-corrected chi connectivity index (χ4v) is 4.09. The topological polar surface area (TPSA) is 32.3 Å². The highest BCUT2D eigenvalue weighted by Crippen LogP contribution is 2.38. The molecule has 1 aliphatic rings. The largest absolute Gasteiger partial charge is 0.353 e. The number of nitrogens with zero attached hydrogens (tertiary/aromatic N) is 4. The summed E-state index contributed by atoms with van der Waals surface area (Å²) in [5, 5.41) is 3.42. The Balaban J connectivity index is 1.87. The molecule has 0 unspecified atom stereocenters. The maximum Gasteiger partial charge on any atom is 0.141 e. The van der Waals surface area contributed by atoms with Gasteiger partial charge in [0.05, 0.1) is 5.39 Å². The monoisotopic (exact) mass is 324 g/mol. The molecule has 0 aliphatic carbocycles. The first-order valence-electron chi connectivity index (χ1n) is 7.97. The van der Waals surface area contributed by atoms with Gasteiger partial charge in [-0.25, -0.2) is 9.97 Å². The van der Waals surface area contributed by atoms with Crippen LogP contribution in [0.2, 0.25) is 0 Å². The van der Waals surface area contributed by atoms with Gasteiger partial charge in [-0.1, -0.05) is 30.3 Å². The average molecular weight is 324 g/mol. The second kappa shape index (κ2) is 5.91. The Bertz CT molecular complexity index is 820. The smallest absolute Gasteiger partial charge is 0.141 e. The Labute approximate surface area is 140 Å². The molecular formula is C18H20N4S. The molecule has 1 saturated heterocycles. The third kappa shape index (κ3) is 2.71. The van der Waals surface area contributed by atoms with Crippen LogP contribution in [0.5, 0.6) is 0 Å². The van der Waals surface area contributed by atoms with E-state index in [4.69, 9.17) is 4.98 Å². The molecule has 118 valence electrons. The Morgan fingerprint density at radius 2 is 1.74 bits per heavy atom. The lowest BCUT2D eigenvalue weighted by Crippen LogP contribution is -2.45. The molecule has 0 amide bonds. The van der Waals surface area contributed by atoms with Gasteiger partial charge in [-0.15, -0.1) is 11.3 Å². The van der Waals surface area contributed by atoms with Crippen molar-refractivity contribution in [3.05, 3.63) is 41.5 Å². The van der Waals surface area contributed by atoms with Crippen LogP contribution < -0.4 is 4.90 Å². The van der Waals surface area contributed by atoms with E-state index in [1.165, 1.54) is 16.5 Å². The molecule has 3 aromatic rings. The summed E-state index contributed by atoms with van der Waals surface area (Å²) in [6, 6.07) is 10.6. The average Bonchev–Trinajstić information content (AvgIpc) is 2.99. The molecule has 1 aromatic carbocycles. The Kier molecular flexibility index (Phi) is 3.75. The van der Waals surface area contributed by atoms with E-state index >= 15 is 0 Å². The highest BCUT2D eigenvalue weighted by molar-refractivity contribution is 7.17. The van der Waals surface area contributed by atoms with Crippen molar-refractivity contribution in [3.63, 3.8) is 0 Å². The normalized spacial score (nSPS) is 16.2. The Morgan fingerprint density at radius 3 is 2.48 bits per heavy atom. The van der Waals surface area contributed by atoms with Crippen molar-refractivity contribution in [1.82, 2.24) is 14.9 Å².